The summed E-state index contributed by atoms with van der Waals surface area (Å²) in [4.78, 5) is 15.6. The molecule has 0 atom stereocenters. The van der Waals surface area contributed by atoms with Gasteiger partial charge in [-0.05, 0) is 64.1 Å². The fourth-order valence-electron chi connectivity index (χ4n) is 8.71. The molecule has 0 radical (unpaired) electrons. The van der Waals surface area contributed by atoms with Crippen molar-refractivity contribution in [1.29, 1.82) is 0 Å². The Morgan fingerprint density at radius 3 is 2.00 bits per heavy atom. The maximum absolute atomic E-state index is 9.92. The first kappa shape index (κ1) is 26.2. The number of hydrogen-bond acceptors (Lipinski definition) is 5. The summed E-state index contributed by atoms with van der Waals surface area (Å²) < 4.78 is 110. The van der Waals surface area contributed by atoms with Crippen molar-refractivity contribution in [3.8, 4) is 62.1 Å². The van der Waals surface area contributed by atoms with Crippen molar-refractivity contribution in [2.45, 2.75) is 0 Å². The SMILES string of the molecule is [2H]c1c([2H])c([2H])c(-c2c([2H])c([2H])c([2H])c3oc4c([2H])c(-c5nc(-c6cccc(-c7ccccc7)c6)nc(-n6c7c(-c8ccccc8)cccc7c7ccc8sc9ccccc9c8c76)n5)c([2H])c([2H])c4c23)c([2H])c1[2H]. The number of fused-ring (bicyclic) bond motifs is 10. The molecule has 0 unspecified atom stereocenters. The zero-order valence-corrected chi connectivity index (χ0v) is 33.7. The molecule has 0 saturated carbocycles. The van der Waals surface area contributed by atoms with E-state index in [0.29, 0.717) is 5.56 Å². The monoisotopic (exact) mass is 833 g/mol. The number of benzene rings is 9. The summed E-state index contributed by atoms with van der Waals surface area (Å²) in [5, 5.41) is 3.46. The van der Waals surface area contributed by atoms with E-state index in [1.165, 1.54) is 0 Å². The smallest absolute Gasteiger partial charge is 0.238 e. The summed E-state index contributed by atoms with van der Waals surface area (Å²) in [6.45, 7) is 0. The van der Waals surface area contributed by atoms with Gasteiger partial charge in [-0.1, -0.05) is 170 Å². The lowest BCUT2D eigenvalue weighted by molar-refractivity contribution is 0.669. The second kappa shape index (κ2) is 14.2. The predicted molar refractivity (Wildman–Crippen MR) is 262 cm³/mol. The third-order valence-electron chi connectivity index (χ3n) is 11.5. The van der Waals surface area contributed by atoms with Gasteiger partial charge in [0.15, 0.2) is 11.6 Å². The van der Waals surface area contributed by atoms with Crippen LogP contribution in [0.3, 0.4) is 0 Å². The molecule has 0 aliphatic carbocycles. The number of furan rings is 1. The van der Waals surface area contributed by atoms with E-state index in [2.05, 4.69) is 36.4 Å². The summed E-state index contributed by atoms with van der Waals surface area (Å²) in [6.07, 6.45) is 0. The highest BCUT2D eigenvalue weighted by Gasteiger charge is 2.24. The molecule has 4 heterocycles. The van der Waals surface area contributed by atoms with Crippen LogP contribution in [0, 0.1) is 0 Å². The molecule has 0 aliphatic heterocycles. The maximum Gasteiger partial charge on any atom is 0.238 e. The second-order valence-corrected chi connectivity index (χ2v) is 16.2. The van der Waals surface area contributed by atoms with E-state index < -0.39 is 72.0 Å². The molecule has 0 fully saturated rings. The number of rotatable bonds is 6. The highest BCUT2D eigenvalue weighted by molar-refractivity contribution is 7.26. The first-order valence-electron chi connectivity index (χ1n) is 25.7. The van der Waals surface area contributed by atoms with Gasteiger partial charge in [-0.2, -0.15) is 9.97 Å². The first-order valence-corrected chi connectivity index (χ1v) is 21.0. The lowest BCUT2D eigenvalue weighted by atomic mass is 9.99. The lowest BCUT2D eigenvalue weighted by Crippen LogP contribution is -2.07. The summed E-state index contributed by atoms with van der Waals surface area (Å²) in [6, 6.07) is 39.4. The third kappa shape index (κ3) is 5.73. The fraction of sp³-hybridized carbons (Fsp3) is 0. The molecular weight excluding hydrogens is 789 g/mol. The Morgan fingerprint density at radius 2 is 1.14 bits per heavy atom. The Hall–Kier alpha value is -8.19. The van der Waals surface area contributed by atoms with Crippen molar-refractivity contribution in [2.75, 3.05) is 0 Å². The highest BCUT2D eigenvalue weighted by atomic mass is 32.1. The largest absolute Gasteiger partial charge is 0.456 e. The Bertz CT molecular complexity index is 4550. The molecule has 0 aliphatic rings. The molecule has 13 rings (SSSR count). The van der Waals surface area contributed by atoms with Crippen molar-refractivity contribution < 1.29 is 19.5 Å². The lowest BCUT2D eigenvalue weighted by Gasteiger charge is -2.14. The molecule has 0 saturated heterocycles. The van der Waals surface area contributed by atoms with Gasteiger partial charge in [0.1, 0.15) is 11.2 Å². The van der Waals surface area contributed by atoms with E-state index in [1.54, 1.807) is 11.3 Å². The number of nitrogens with zero attached hydrogens (tertiary/aromatic N) is 4. The van der Waals surface area contributed by atoms with Crippen LogP contribution >= 0.6 is 11.3 Å². The van der Waals surface area contributed by atoms with E-state index in [-0.39, 0.29) is 50.7 Å². The van der Waals surface area contributed by atoms with Crippen LogP contribution in [0.4, 0.5) is 0 Å². The van der Waals surface area contributed by atoms with Crippen LogP contribution in [0.15, 0.2) is 210 Å². The molecule has 0 N–H and O–H groups in total. The average Bonchev–Trinajstić information content (AvgIpc) is 4.18. The minimum Gasteiger partial charge on any atom is -0.456 e. The molecule has 6 heteroatoms. The fourth-order valence-corrected chi connectivity index (χ4v) is 9.82. The zero-order chi connectivity index (χ0) is 51.0. The molecule has 9 aromatic carbocycles. The molecule has 0 amide bonds. The molecular formula is C57H34N4OS. The van der Waals surface area contributed by atoms with Crippen LogP contribution < -0.4 is 0 Å². The van der Waals surface area contributed by atoms with Crippen LogP contribution in [0.1, 0.15) is 15.1 Å². The zero-order valence-electron chi connectivity index (χ0n) is 43.9. The second-order valence-electron chi connectivity index (χ2n) is 15.1. The summed E-state index contributed by atoms with van der Waals surface area (Å²) >= 11 is 1.67. The Morgan fingerprint density at radius 1 is 0.429 bits per heavy atom. The van der Waals surface area contributed by atoms with E-state index in [9.17, 15) is 4.11 Å². The van der Waals surface area contributed by atoms with Crippen LogP contribution in [-0.2, 0) is 0 Å². The van der Waals surface area contributed by atoms with Gasteiger partial charge in [-0.3, -0.25) is 4.57 Å². The highest BCUT2D eigenvalue weighted by Crippen LogP contribution is 2.45. The van der Waals surface area contributed by atoms with Crippen molar-refractivity contribution in [2.24, 2.45) is 0 Å². The first-order chi connectivity index (χ1) is 35.8. The van der Waals surface area contributed by atoms with Gasteiger partial charge >= 0.3 is 0 Å². The molecule has 0 bridgehead atoms. The van der Waals surface area contributed by atoms with Gasteiger partial charge in [0, 0.05) is 58.4 Å². The van der Waals surface area contributed by atoms with E-state index in [0.717, 1.165) is 64.2 Å². The topological polar surface area (TPSA) is 56.7 Å². The van der Waals surface area contributed by atoms with Gasteiger partial charge < -0.3 is 4.42 Å². The number of para-hydroxylation sites is 1. The Balaban J connectivity index is 1.17. The van der Waals surface area contributed by atoms with Crippen LogP contribution in [-0.4, -0.2) is 19.5 Å². The molecule has 4 aromatic heterocycles. The van der Waals surface area contributed by atoms with Gasteiger partial charge in [0.25, 0.3) is 0 Å². The van der Waals surface area contributed by atoms with Crippen molar-refractivity contribution in [3.63, 3.8) is 0 Å². The van der Waals surface area contributed by atoms with Crippen LogP contribution in [0.25, 0.3) is 126 Å². The number of thiophene rings is 1. The summed E-state index contributed by atoms with van der Waals surface area (Å²) in [5.41, 5.74) is 4.19. The number of aromatic nitrogens is 4. The van der Waals surface area contributed by atoms with E-state index >= 15 is 0 Å². The van der Waals surface area contributed by atoms with Crippen LogP contribution in [0.5, 0.6) is 0 Å². The van der Waals surface area contributed by atoms with Crippen molar-refractivity contribution >= 4 is 75.3 Å². The standard InChI is InChI=1S/C57H34N4OS/c1-4-15-35(16-5-1)38-21-12-22-39(33-38)55-58-56(40-29-30-45-48(34-40)62-47-27-14-24-41(51(45)47)36-17-6-2-7-18-36)60-57(59-55)61-53-42(37-19-8-3-9-20-37)25-13-26-43(53)44-31-32-50-52(54(44)61)46-23-10-11-28-49(46)63-50/h1-34H/i2D,6D,7D,14D,17D,18D,24D,27D,29D,30D,34D. The Kier molecular flexibility index (Phi) is 5.91. The van der Waals surface area contributed by atoms with E-state index in [4.69, 9.17) is 30.3 Å². The van der Waals surface area contributed by atoms with Gasteiger partial charge in [0.2, 0.25) is 5.95 Å². The molecule has 5 nitrogen and oxygen atoms in total. The molecule has 0 spiro atoms. The summed E-state index contributed by atoms with van der Waals surface area (Å²) in [7, 11) is 0. The molecule has 13 aromatic rings. The predicted octanol–water partition coefficient (Wildman–Crippen LogP) is 15.6. The van der Waals surface area contributed by atoms with Gasteiger partial charge in [-0.15, -0.1) is 11.3 Å². The maximum atomic E-state index is 9.92. The number of hydrogen-bond donors (Lipinski definition) is 0. The average molecular weight is 834 g/mol. The minimum atomic E-state index is -0.693. The summed E-state index contributed by atoms with van der Waals surface area (Å²) in [5.74, 6) is 0.211. The van der Waals surface area contributed by atoms with Crippen molar-refractivity contribution in [3.05, 3.63) is 206 Å². The molecule has 63 heavy (non-hydrogen) atoms. The van der Waals surface area contributed by atoms with E-state index in [1.807, 2.05) is 108 Å². The van der Waals surface area contributed by atoms with Gasteiger partial charge in [-0.25, -0.2) is 4.98 Å². The Labute approximate surface area is 381 Å². The third-order valence-corrected chi connectivity index (χ3v) is 12.6. The quantitative estimate of drug-likeness (QED) is 0.167. The van der Waals surface area contributed by atoms with Gasteiger partial charge in [0.05, 0.1) is 26.1 Å². The molecule has 294 valence electrons. The minimum absolute atomic E-state index is 0.144. The van der Waals surface area contributed by atoms with Crippen LogP contribution in [0.2, 0.25) is 0 Å². The normalized spacial score (nSPS) is 14.3. The van der Waals surface area contributed by atoms with Crippen molar-refractivity contribution in [1.82, 2.24) is 19.5 Å².